The SMILES string of the molecule is NC(=O)CSC(c1ccc(F)cc1)(c1ccc(F)cc1)c1ccccc1F. The number of rotatable bonds is 6. The maximum absolute atomic E-state index is 14.9. The molecule has 0 aliphatic carbocycles. The Labute approximate surface area is 159 Å². The Kier molecular flexibility index (Phi) is 5.56. The standard InChI is InChI=1S/C21H16F3NOS/c22-16-9-5-14(6-10-16)21(27-13-20(25)26,15-7-11-17(23)12-8-15)18-3-1-2-4-19(18)24/h1-12H,13H2,(H2,25,26). The highest BCUT2D eigenvalue weighted by molar-refractivity contribution is 8.01. The Morgan fingerprint density at radius 3 is 1.74 bits per heavy atom. The number of amides is 1. The lowest BCUT2D eigenvalue weighted by atomic mass is 9.83. The van der Waals surface area contributed by atoms with Crippen LogP contribution in [0.4, 0.5) is 13.2 Å². The van der Waals surface area contributed by atoms with Crippen molar-refractivity contribution < 1.29 is 18.0 Å². The van der Waals surface area contributed by atoms with Gasteiger partial charge in [0.2, 0.25) is 5.91 Å². The summed E-state index contributed by atoms with van der Waals surface area (Å²) in [5, 5.41) is 0. The van der Waals surface area contributed by atoms with Gasteiger partial charge in [0.1, 0.15) is 17.5 Å². The lowest BCUT2D eigenvalue weighted by molar-refractivity contribution is -0.115. The van der Waals surface area contributed by atoms with E-state index in [0.717, 1.165) is 11.8 Å². The quantitative estimate of drug-likeness (QED) is 0.628. The van der Waals surface area contributed by atoms with Crippen LogP contribution in [0.5, 0.6) is 0 Å². The molecule has 0 fully saturated rings. The van der Waals surface area contributed by atoms with Gasteiger partial charge in [-0.15, -0.1) is 11.8 Å². The molecule has 0 spiro atoms. The molecule has 0 aliphatic rings. The summed E-state index contributed by atoms with van der Waals surface area (Å²) < 4.78 is 40.7. The van der Waals surface area contributed by atoms with Gasteiger partial charge in [0.05, 0.1) is 10.5 Å². The monoisotopic (exact) mass is 387 g/mol. The number of hydrogen-bond donors (Lipinski definition) is 1. The fourth-order valence-electron chi connectivity index (χ4n) is 3.02. The molecule has 0 radical (unpaired) electrons. The third kappa shape index (κ3) is 3.85. The van der Waals surface area contributed by atoms with Gasteiger partial charge in [0.25, 0.3) is 0 Å². The van der Waals surface area contributed by atoms with E-state index in [2.05, 4.69) is 0 Å². The zero-order valence-electron chi connectivity index (χ0n) is 14.2. The molecule has 27 heavy (non-hydrogen) atoms. The van der Waals surface area contributed by atoms with Crippen molar-refractivity contribution in [3.8, 4) is 0 Å². The summed E-state index contributed by atoms with van der Waals surface area (Å²) in [6.07, 6.45) is 0. The second-order valence-corrected chi connectivity index (χ2v) is 7.12. The highest BCUT2D eigenvalue weighted by atomic mass is 32.2. The van der Waals surface area contributed by atoms with E-state index in [9.17, 15) is 18.0 Å². The molecule has 6 heteroatoms. The second-order valence-electron chi connectivity index (χ2n) is 5.93. The van der Waals surface area contributed by atoms with E-state index in [1.165, 1.54) is 54.6 Å². The molecule has 3 aromatic rings. The smallest absolute Gasteiger partial charge is 0.227 e. The van der Waals surface area contributed by atoms with Crippen LogP contribution in [0.1, 0.15) is 16.7 Å². The number of thioether (sulfide) groups is 1. The lowest BCUT2D eigenvalue weighted by Crippen LogP contribution is -2.29. The molecule has 0 aromatic heterocycles. The Morgan fingerprint density at radius 1 is 0.815 bits per heavy atom. The number of carbonyl (C=O) groups excluding carboxylic acids is 1. The summed E-state index contributed by atoms with van der Waals surface area (Å²) in [7, 11) is 0. The number of carbonyl (C=O) groups is 1. The summed E-state index contributed by atoms with van der Waals surface area (Å²) in [6.45, 7) is 0. The topological polar surface area (TPSA) is 43.1 Å². The van der Waals surface area contributed by atoms with E-state index >= 15 is 0 Å². The number of primary amides is 1. The molecule has 138 valence electrons. The summed E-state index contributed by atoms with van der Waals surface area (Å²) in [5.74, 6) is -2.07. The zero-order chi connectivity index (χ0) is 19.4. The van der Waals surface area contributed by atoms with Gasteiger partial charge in [-0.25, -0.2) is 13.2 Å². The van der Waals surface area contributed by atoms with Crippen LogP contribution < -0.4 is 5.73 Å². The average Bonchev–Trinajstić information content (AvgIpc) is 2.65. The Morgan fingerprint density at radius 2 is 1.30 bits per heavy atom. The molecule has 3 aromatic carbocycles. The van der Waals surface area contributed by atoms with Crippen LogP contribution >= 0.6 is 11.8 Å². The van der Waals surface area contributed by atoms with Crippen LogP contribution in [0.25, 0.3) is 0 Å². The molecule has 0 atom stereocenters. The van der Waals surface area contributed by atoms with E-state index in [0.29, 0.717) is 11.1 Å². The number of nitrogens with two attached hydrogens (primary N) is 1. The second kappa shape index (κ2) is 7.88. The molecular weight excluding hydrogens is 371 g/mol. The molecule has 0 unspecified atom stereocenters. The maximum Gasteiger partial charge on any atom is 0.227 e. The Hall–Kier alpha value is -2.73. The maximum atomic E-state index is 14.9. The van der Waals surface area contributed by atoms with E-state index in [1.807, 2.05) is 0 Å². The van der Waals surface area contributed by atoms with Crippen molar-refractivity contribution in [2.24, 2.45) is 5.73 Å². The van der Waals surface area contributed by atoms with Gasteiger partial charge in [-0.3, -0.25) is 4.79 Å². The van der Waals surface area contributed by atoms with Crippen LogP contribution in [-0.2, 0) is 9.54 Å². The van der Waals surface area contributed by atoms with Crippen molar-refractivity contribution in [3.05, 3.63) is 107 Å². The lowest BCUT2D eigenvalue weighted by Gasteiger charge is -2.35. The molecule has 0 bridgehead atoms. The van der Waals surface area contributed by atoms with Crippen LogP contribution in [0.2, 0.25) is 0 Å². The normalized spacial score (nSPS) is 11.4. The van der Waals surface area contributed by atoms with Crippen molar-refractivity contribution in [2.45, 2.75) is 4.75 Å². The van der Waals surface area contributed by atoms with Crippen LogP contribution in [-0.4, -0.2) is 11.7 Å². The van der Waals surface area contributed by atoms with Crippen molar-refractivity contribution >= 4 is 17.7 Å². The highest BCUT2D eigenvalue weighted by Crippen LogP contribution is 2.49. The van der Waals surface area contributed by atoms with Crippen LogP contribution in [0.3, 0.4) is 0 Å². The molecule has 0 heterocycles. The molecule has 2 N–H and O–H groups in total. The number of benzene rings is 3. The minimum atomic E-state index is -1.21. The fraction of sp³-hybridized carbons (Fsp3) is 0.0952. The number of halogens is 3. The highest BCUT2D eigenvalue weighted by Gasteiger charge is 2.39. The molecule has 3 rings (SSSR count). The summed E-state index contributed by atoms with van der Waals surface area (Å²) in [6, 6.07) is 17.3. The zero-order valence-corrected chi connectivity index (χ0v) is 15.0. The van der Waals surface area contributed by atoms with E-state index in [-0.39, 0.29) is 11.3 Å². The summed E-state index contributed by atoms with van der Waals surface area (Å²) in [5.41, 5.74) is 6.72. The first-order chi connectivity index (χ1) is 12.9. The van der Waals surface area contributed by atoms with E-state index in [1.54, 1.807) is 18.2 Å². The fourth-order valence-corrected chi connectivity index (χ4v) is 4.30. The van der Waals surface area contributed by atoms with Crippen molar-refractivity contribution in [2.75, 3.05) is 5.75 Å². The average molecular weight is 387 g/mol. The predicted molar refractivity (Wildman–Crippen MR) is 101 cm³/mol. The van der Waals surface area contributed by atoms with Crippen molar-refractivity contribution in [1.29, 1.82) is 0 Å². The molecule has 0 aliphatic heterocycles. The molecule has 0 saturated carbocycles. The van der Waals surface area contributed by atoms with Crippen LogP contribution in [0, 0.1) is 17.5 Å². The van der Waals surface area contributed by atoms with Crippen LogP contribution in [0.15, 0.2) is 72.8 Å². The Balaban J connectivity index is 2.33. The van der Waals surface area contributed by atoms with Crippen molar-refractivity contribution in [3.63, 3.8) is 0 Å². The minimum Gasteiger partial charge on any atom is -0.369 e. The largest absolute Gasteiger partial charge is 0.369 e. The van der Waals surface area contributed by atoms with E-state index in [4.69, 9.17) is 5.73 Å². The predicted octanol–water partition coefficient (Wildman–Crippen LogP) is 4.61. The number of hydrogen-bond acceptors (Lipinski definition) is 2. The van der Waals surface area contributed by atoms with Gasteiger partial charge in [-0.1, -0.05) is 42.5 Å². The first-order valence-electron chi connectivity index (χ1n) is 8.13. The van der Waals surface area contributed by atoms with Gasteiger partial charge in [-0.2, -0.15) is 0 Å². The first kappa shape index (κ1) is 19.0. The molecular formula is C21H16F3NOS. The van der Waals surface area contributed by atoms with Gasteiger partial charge >= 0.3 is 0 Å². The first-order valence-corrected chi connectivity index (χ1v) is 9.11. The third-order valence-corrected chi connectivity index (χ3v) is 5.74. The minimum absolute atomic E-state index is 0.108. The van der Waals surface area contributed by atoms with E-state index < -0.39 is 28.1 Å². The van der Waals surface area contributed by atoms with Gasteiger partial charge in [0.15, 0.2) is 0 Å². The molecule has 1 amide bonds. The van der Waals surface area contributed by atoms with Crippen molar-refractivity contribution in [1.82, 2.24) is 0 Å². The van der Waals surface area contributed by atoms with Gasteiger partial charge in [0, 0.05) is 5.56 Å². The molecule has 2 nitrogen and oxygen atoms in total. The summed E-state index contributed by atoms with van der Waals surface area (Å²) >= 11 is 1.10. The summed E-state index contributed by atoms with van der Waals surface area (Å²) in [4.78, 5) is 11.5. The third-order valence-electron chi connectivity index (χ3n) is 4.19. The molecule has 0 saturated heterocycles. The van der Waals surface area contributed by atoms with Gasteiger partial charge < -0.3 is 5.73 Å². The Bertz CT molecular complexity index is 897. The van der Waals surface area contributed by atoms with Gasteiger partial charge in [-0.05, 0) is 41.5 Å².